The number of nitrogens with two attached hydrogens (primary N) is 1. The van der Waals surface area contributed by atoms with Crippen molar-refractivity contribution >= 4 is 17.3 Å². The minimum absolute atomic E-state index is 0.0419. The van der Waals surface area contributed by atoms with E-state index in [0.29, 0.717) is 18.5 Å². The van der Waals surface area contributed by atoms with E-state index in [-0.39, 0.29) is 10.7 Å². The van der Waals surface area contributed by atoms with Gasteiger partial charge in [0, 0.05) is 25.2 Å². The number of likely N-dealkylation sites (tertiary alicyclic amines) is 1. The van der Waals surface area contributed by atoms with Crippen molar-refractivity contribution in [3.8, 4) is 0 Å². The maximum atomic E-state index is 10.7. The monoisotopic (exact) mass is 283 g/mol. The van der Waals surface area contributed by atoms with Crippen LogP contribution in [0.1, 0.15) is 18.9 Å². The van der Waals surface area contributed by atoms with Crippen LogP contribution in [0.3, 0.4) is 0 Å². The van der Waals surface area contributed by atoms with Crippen LogP contribution < -0.4 is 5.73 Å². The molecular weight excluding hydrogens is 266 g/mol. The van der Waals surface area contributed by atoms with Crippen molar-refractivity contribution in [2.24, 2.45) is 11.7 Å². The highest BCUT2D eigenvalue weighted by molar-refractivity contribution is 6.32. The quantitative estimate of drug-likeness (QED) is 0.680. The summed E-state index contributed by atoms with van der Waals surface area (Å²) in [5.41, 5.74) is 6.66. The second-order valence-corrected chi connectivity index (χ2v) is 5.57. The summed E-state index contributed by atoms with van der Waals surface area (Å²) in [7, 11) is 0. The SMILES string of the molecule is CC1CC(CN)CN1Cc1ccc([N+](=O)[O-])c(Cl)c1. The molecule has 1 heterocycles. The van der Waals surface area contributed by atoms with Crippen LogP contribution >= 0.6 is 11.6 Å². The van der Waals surface area contributed by atoms with Gasteiger partial charge in [0.1, 0.15) is 5.02 Å². The standard InChI is InChI=1S/C13H18ClN3O2/c1-9-4-11(6-15)8-16(9)7-10-2-3-13(17(18)19)12(14)5-10/h2-3,5,9,11H,4,6-8,15H2,1H3. The van der Waals surface area contributed by atoms with Gasteiger partial charge in [-0.25, -0.2) is 0 Å². The van der Waals surface area contributed by atoms with Gasteiger partial charge in [-0.2, -0.15) is 0 Å². The molecule has 1 saturated heterocycles. The third kappa shape index (κ3) is 3.23. The number of nitrogens with zero attached hydrogens (tertiary/aromatic N) is 2. The first-order chi connectivity index (χ1) is 9.01. The Bertz CT molecular complexity index is 481. The normalized spacial score (nSPS) is 23.7. The van der Waals surface area contributed by atoms with E-state index in [1.807, 2.05) is 0 Å². The third-order valence-electron chi connectivity index (χ3n) is 3.72. The molecule has 104 valence electrons. The fourth-order valence-corrected chi connectivity index (χ4v) is 2.91. The molecule has 5 nitrogen and oxygen atoms in total. The van der Waals surface area contributed by atoms with Crippen LogP contribution in [0.25, 0.3) is 0 Å². The number of benzene rings is 1. The predicted molar refractivity (Wildman–Crippen MR) is 75.1 cm³/mol. The molecule has 19 heavy (non-hydrogen) atoms. The maximum Gasteiger partial charge on any atom is 0.287 e. The van der Waals surface area contributed by atoms with Crippen LogP contribution in [0.2, 0.25) is 5.02 Å². The molecule has 1 aromatic carbocycles. The minimum atomic E-state index is -0.463. The lowest BCUT2D eigenvalue weighted by molar-refractivity contribution is -0.384. The first-order valence-electron chi connectivity index (χ1n) is 6.38. The van der Waals surface area contributed by atoms with Crippen LogP contribution in [-0.4, -0.2) is 29.0 Å². The highest BCUT2D eigenvalue weighted by atomic mass is 35.5. The van der Waals surface area contributed by atoms with Gasteiger partial charge in [-0.1, -0.05) is 17.7 Å². The van der Waals surface area contributed by atoms with E-state index in [9.17, 15) is 10.1 Å². The average Bonchev–Trinajstić information content (AvgIpc) is 2.70. The zero-order valence-electron chi connectivity index (χ0n) is 10.9. The summed E-state index contributed by atoms with van der Waals surface area (Å²) < 4.78 is 0. The van der Waals surface area contributed by atoms with Gasteiger partial charge in [-0.3, -0.25) is 15.0 Å². The first-order valence-corrected chi connectivity index (χ1v) is 6.76. The number of nitro groups is 1. The van der Waals surface area contributed by atoms with E-state index in [2.05, 4.69) is 11.8 Å². The Labute approximate surface area is 117 Å². The molecule has 0 bridgehead atoms. The zero-order valence-corrected chi connectivity index (χ0v) is 11.6. The van der Waals surface area contributed by atoms with E-state index in [1.165, 1.54) is 6.07 Å². The van der Waals surface area contributed by atoms with Gasteiger partial charge in [-0.15, -0.1) is 0 Å². The van der Waals surface area contributed by atoms with Gasteiger partial charge in [0.15, 0.2) is 0 Å². The lowest BCUT2D eigenvalue weighted by atomic mass is 10.1. The molecule has 2 atom stereocenters. The zero-order chi connectivity index (χ0) is 14.0. The van der Waals surface area contributed by atoms with Crippen molar-refractivity contribution < 1.29 is 4.92 Å². The summed E-state index contributed by atoms with van der Waals surface area (Å²) in [4.78, 5) is 12.6. The summed E-state index contributed by atoms with van der Waals surface area (Å²) in [6.45, 7) is 4.63. The molecule has 0 saturated carbocycles. The average molecular weight is 284 g/mol. The van der Waals surface area contributed by atoms with Crippen molar-refractivity contribution in [1.82, 2.24) is 4.90 Å². The van der Waals surface area contributed by atoms with E-state index in [4.69, 9.17) is 17.3 Å². The molecular formula is C13H18ClN3O2. The Hall–Kier alpha value is -1.17. The van der Waals surface area contributed by atoms with E-state index >= 15 is 0 Å². The van der Waals surface area contributed by atoms with Crippen molar-refractivity contribution in [3.05, 3.63) is 38.9 Å². The fraction of sp³-hybridized carbons (Fsp3) is 0.538. The number of halogens is 1. The van der Waals surface area contributed by atoms with Crippen LogP contribution in [-0.2, 0) is 6.54 Å². The topological polar surface area (TPSA) is 72.4 Å². The molecule has 0 aliphatic carbocycles. The molecule has 1 aliphatic rings. The Morgan fingerprint density at radius 1 is 1.58 bits per heavy atom. The van der Waals surface area contributed by atoms with Crippen LogP contribution in [0.4, 0.5) is 5.69 Å². The minimum Gasteiger partial charge on any atom is -0.330 e. The smallest absolute Gasteiger partial charge is 0.287 e. The number of nitro benzene ring substituents is 1. The van der Waals surface area contributed by atoms with Gasteiger partial charge in [-0.05, 0) is 37.4 Å². The second kappa shape index (κ2) is 5.86. The molecule has 0 radical (unpaired) electrons. The highest BCUT2D eigenvalue weighted by Gasteiger charge is 2.28. The molecule has 0 aromatic heterocycles. The summed E-state index contributed by atoms with van der Waals surface area (Å²) >= 11 is 5.92. The molecule has 0 amide bonds. The van der Waals surface area contributed by atoms with Gasteiger partial charge in [0.2, 0.25) is 0 Å². The largest absolute Gasteiger partial charge is 0.330 e. The maximum absolute atomic E-state index is 10.7. The number of hydrogen-bond donors (Lipinski definition) is 1. The van der Waals surface area contributed by atoms with Crippen molar-refractivity contribution in [1.29, 1.82) is 0 Å². The highest BCUT2D eigenvalue weighted by Crippen LogP contribution is 2.28. The Morgan fingerprint density at radius 2 is 2.32 bits per heavy atom. The summed E-state index contributed by atoms with van der Waals surface area (Å²) in [6, 6.07) is 5.41. The number of rotatable bonds is 4. The second-order valence-electron chi connectivity index (χ2n) is 5.16. The van der Waals surface area contributed by atoms with Crippen molar-refractivity contribution in [2.75, 3.05) is 13.1 Å². The van der Waals surface area contributed by atoms with Crippen LogP contribution in [0.15, 0.2) is 18.2 Å². The lowest BCUT2D eigenvalue weighted by Crippen LogP contribution is -2.27. The molecule has 1 aliphatic heterocycles. The van der Waals surface area contributed by atoms with Crippen molar-refractivity contribution in [3.63, 3.8) is 0 Å². The Balaban J connectivity index is 2.08. The molecule has 0 spiro atoms. The van der Waals surface area contributed by atoms with Gasteiger partial charge >= 0.3 is 0 Å². The van der Waals surface area contributed by atoms with Gasteiger partial charge < -0.3 is 5.73 Å². The van der Waals surface area contributed by atoms with Crippen LogP contribution in [0.5, 0.6) is 0 Å². The van der Waals surface area contributed by atoms with Gasteiger partial charge in [0.05, 0.1) is 4.92 Å². The Kier molecular flexibility index (Phi) is 4.39. The molecule has 1 aromatic rings. The summed E-state index contributed by atoms with van der Waals surface area (Å²) in [6.07, 6.45) is 1.11. The molecule has 1 fully saturated rings. The van der Waals surface area contributed by atoms with Gasteiger partial charge in [0.25, 0.3) is 5.69 Å². The molecule has 2 N–H and O–H groups in total. The lowest BCUT2D eigenvalue weighted by Gasteiger charge is -2.21. The first kappa shape index (κ1) is 14.2. The number of hydrogen-bond acceptors (Lipinski definition) is 4. The molecule has 2 unspecified atom stereocenters. The predicted octanol–water partition coefficient (Wildman–Crippen LogP) is 2.42. The fourth-order valence-electron chi connectivity index (χ4n) is 2.64. The Morgan fingerprint density at radius 3 is 2.84 bits per heavy atom. The van der Waals surface area contributed by atoms with Crippen molar-refractivity contribution in [2.45, 2.75) is 25.9 Å². The van der Waals surface area contributed by atoms with E-state index in [1.54, 1.807) is 12.1 Å². The summed E-state index contributed by atoms with van der Waals surface area (Å²) in [5, 5.41) is 10.9. The molecule has 6 heteroatoms. The summed E-state index contributed by atoms with van der Waals surface area (Å²) in [5.74, 6) is 0.545. The van der Waals surface area contributed by atoms with Crippen LogP contribution in [0, 0.1) is 16.0 Å². The third-order valence-corrected chi connectivity index (χ3v) is 4.02. The van der Waals surface area contributed by atoms with E-state index < -0.39 is 4.92 Å². The molecule has 2 rings (SSSR count). The van der Waals surface area contributed by atoms with E-state index in [0.717, 1.165) is 25.1 Å².